The maximum Gasteiger partial charge on any atom is 0.416 e. The molecule has 0 radical (unpaired) electrons. The van der Waals surface area contributed by atoms with Gasteiger partial charge < -0.3 is 0 Å². The molecular weight excluding hydrogens is 181 g/mol. The van der Waals surface area contributed by atoms with E-state index >= 15 is 0 Å². The molecular formula is C9H9F3O. The summed E-state index contributed by atoms with van der Waals surface area (Å²) in [7, 11) is 0. The number of carbonyl (C=O) groups excluding carboxylic acids is 1. The van der Waals surface area contributed by atoms with Gasteiger partial charge >= 0.3 is 6.18 Å². The first-order chi connectivity index (χ1) is 5.95. The molecule has 0 aliphatic heterocycles. The maximum atomic E-state index is 12.1. The first-order valence-corrected chi connectivity index (χ1v) is 3.48. The number of halogens is 3. The Balaban J connectivity index is 4.98. The van der Waals surface area contributed by atoms with E-state index < -0.39 is 11.7 Å². The molecule has 0 spiro atoms. The molecule has 0 unspecified atom stereocenters. The molecule has 0 saturated heterocycles. The van der Waals surface area contributed by atoms with Gasteiger partial charge in [-0.25, -0.2) is 0 Å². The molecule has 4 heteroatoms. The predicted octanol–water partition coefficient (Wildman–Crippen LogP) is 2.81. The average molecular weight is 190 g/mol. The zero-order chi connectivity index (χ0) is 10.5. The van der Waals surface area contributed by atoms with Crippen LogP contribution in [0, 0.1) is 0 Å². The smallest absolute Gasteiger partial charge is 0.298 e. The number of rotatable bonds is 3. The number of allylic oxidation sites excluding steroid dienone is 5. The molecule has 1 nitrogen and oxygen atoms in total. The van der Waals surface area contributed by atoms with Crippen LogP contribution >= 0.6 is 0 Å². The van der Waals surface area contributed by atoms with Gasteiger partial charge in [0.05, 0.1) is 5.57 Å². The van der Waals surface area contributed by atoms with Crippen molar-refractivity contribution in [3.8, 4) is 0 Å². The number of aldehydes is 1. The zero-order valence-corrected chi connectivity index (χ0v) is 7.06. The van der Waals surface area contributed by atoms with E-state index in [1.165, 1.54) is 13.0 Å². The quantitative estimate of drug-likeness (QED) is 0.380. The molecule has 0 aromatic rings. The summed E-state index contributed by atoms with van der Waals surface area (Å²) in [5.41, 5.74) is -0.945. The Labute approximate surface area is 74.2 Å². The summed E-state index contributed by atoms with van der Waals surface area (Å²) >= 11 is 0. The third-order valence-electron chi connectivity index (χ3n) is 1.34. The van der Waals surface area contributed by atoms with Gasteiger partial charge in [-0.2, -0.15) is 13.2 Å². The normalized spacial score (nSPS) is 14.2. The third kappa shape index (κ3) is 3.73. The van der Waals surface area contributed by atoms with Crippen LogP contribution in [0.15, 0.2) is 36.0 Å². The summed E-state index contributed by atoms with van der Waals surface area (Å²) in [4.78, 5) is 10.2. The van der Waals surface area contributed by atoms with Crippen LogP contribution in [0.25, 0.3) is 0 Å². The van der Waals surface area contributed by atoms with Crippen LogP contribution in [0.5, 0.6) is 0 Å². The molecule has 0 saturated carbocycles. The van der Waals surface area contributed by atoms with Gasteiger partial charge in [0.2, 0.25) is 0 Å². The lowest BCUT2D eigenvalue weighted by molar-refractivity contribution is -0.104. The fourth-order valence-corrected chi connectivity index (χ4v) is 0.621. The molecule has 0 amide bonds. The van der Waals surface area contributed by atoms with Gasteiger partial charge in [-0.15, -0.1) is 0 Å². The van der Waals surface area contributed by atoms with Crippen LogP contribution in [0.2, 0.25) is 0 Å². The van der Waals surface area contributed by atoms with Crippen LogP contribution in [-0.4, -0.2) is 12.5 Å². The molecule has 0 aromatic heterocycles. The van der Waals surface area contributed by atoms with Crippen LogP contribution in [-0.2, 0) is 4.79 Å². The fourth-order valence-electron chi connectivity index (χ4n) is 0.621. The van der Waals surface area contributed by atoms with Crippen molar-refractivity contribution in [1.29, 1.82) is 0 Å². The van der Waals surface area contributed by atoms with Gasteiger partial charge in [0.25, 0.3) is 0 Å². The minimum atomic E-state index is -4.46. The molecule has 0 bridgehead atoms. The molecule has 72 valence electrons. The Morgan fingerprint density at radius 3 is 2.15 bits per heavy atom. The van der Waals surface area contributed by atoms with Crippen LogP contribution in [0.3, 0.4) is 0 Å². The van der Waals surface area contributed by atoms with Crippen molar-refractivity contribution >= 4 is 6.29 Å². The van der Waals surface area contributed by atoms with Crippen molar-refractivity contribution in [2.45, 2.75) is 13.1 Å². The second-order valence-electron chi connectivity index (χ2n) is 2.21. The maximum absolute atomic E-state index is 12.1. The highest BCUT2D eigenvalue weighted by atomic mass is 19.4. The van der Waals surface area contributed by atoms with Crippen molar-refractivity contribution in [2.75, 3.05) is 0 Å². The van der Waals surface area contributed by atoms with Gasteiger partial charge in [0, 0.05) is 5.57 Å². The summed E-state index contributed by atoms with van der Waals surface area (Å²) in [6.45, 7) is 4.50. The molecule has 0 fully saturated rings. The highest BCUT2D eigenvalue weighted by molar-refractivity contribution is 5.77. The Morgan fingerprint density at radius 2 is 1.92 bits per heavy atom. The predicted molar refractivity (Wildman–Crippen MR) is 44.2 cm³/mol. The van der Waals surface area contributed by atoms with Crippen molar-refractivity contribution in [3.63, 3.8) is 0 Å². The van der Waals surface area contributed by atoms with E-state index in [4.69, 9.17) is 0 Å². The number of carbonyl (C=O) groups is 1. The van der Waals surface area contributed by atoms with Crippen LogP contribution in [0.4, 0.5) is 13.2 Å². The van der Waals surface area contributed by atoms with E-state index in [2.05, 4.69) is 6.58 Å². The Bertz CT molecular complexity index is 259. The Hall–Kier alpha value is -1.32. The van der Waals surface area contributed by atoms with Gasteiger partial charge in [-0.3, -0.25) is 4.79 Å². The third-order valence-corrected chi connectivity index (χ3v) is 1.34. The first kappa shape index (κ1) is 11.7. The van der Waals surface area contributed by atoms with E-state index in [9.17, 15) is 18.0 Å². The molecule has 0 N–H and O–H groups in total. The fraction of sp³-hybridized carbons (Fsp3) is 0.222. The summed E-state index contributed by atoms with van der Waals surface area (Å²) in [5, 5.41) is 0. The largest absolute Gasteiger partial charge is 0.416 e. The Kier molecular flexibility index (Phi) is 4.17. The molecule has 0 atom stereocenters. The molecule has 0 aromatic carbocycles. The van der Waals surface area contributed by atoms with E-state index in [1.807, 2.05) is 0 Å². The van der Waals surface area contributed by atoms with Gasteiger partial charge in [-0.1, -0.05) is 18.7 Å². The van der Waals surface area contributed by atoms with Crippen molar-refractivity contribution in [1.82, 2.24) is 0 Å². The SMILES string of the molecule is C=C/C(=C\C(C=O)=C/C)C(F)(F)F. The van der Waals surface area contributed by atoms with Crippen molar-refractivity contribution in [3.05, 3.63) is 36.0 Å². The van der Waals surface area contributed by atoms with E-state index in [-0.39, 0.29) is 5.57 Å². The van der Waals surface area contributed by atoms with Gasteiger partial charge in [-0.05, 0) is 13.0 Å². The highest BCUT2D eigenvalue weighted by Gasteiger charge is 2.31. The highest BCUT2D eigenvalue weighted by Crippen LogP contribution is 2.26. The second-order valence-corrected chi connectivity index (χ2v) is 2.21. The number of hydrogen-bond donors (Lipinski definition) is 0. The van der Waals surface area contributed by atoms with Crippen LogP contribution < -0.4 is 0 Å². The topological polar surface area (TPSA) is 17.1 Å². The average Bonchev–Trinajstić information content (AvgIpc) is 2.04. The second kappa shape index (κ2) is 4.64. The molecule has 0 aliphatic carbocycles. The first-order valence-electron chi connectivity index (χ1n) is 3.48. The molecule has 0 rings (SSSR count). The van der Waals surface area contributed by atoms with Crippen LogP contribution in [0.1, 0.15) is 6.92 Å². The van der Waals surface area contributed by atoms with Gasteiger partial charge in [0.1, 0.15) is 6.29 Å². The number of hydrogen-bond acceptors (Lipinski definition) is 1. The lowest BCUT2D eigenvalue weighted by Crippen LogP contribution is -2.10. The summed E-state index contributed by atoms with van der Waals surface area (Å²) < 4.78 is 36.2. The standard InChI is InChI=1S/C9H9F3O/c1-3-7(6-13)5-8(4-2)9(10,11)12/h3-6H,2H2,1H3/b7-3+,8-5+. The lowest BCUT2D eigenvalue weighted by atomic mass is 10.1. The molecule has 0 aliphatic rings. The van der Waals surface area contributed by atoms with Gasteiger partial charge in [0.15, 0.2) is 0 Å². The minimum Gasteiger partial charge on any atom is -0.298 e. The monoisotopic (exact) mass is 190 g/mol. The minimum absolute atomic E-state index is 0.0211. The lowest BCUT2D eigenvalue weighted by Gasteiger charge is -2.06. The summed E-state index contributed by atoms with van der Waals surface area (Å²) in [5.74, 6) is 0. The zero-order valence-electron chi connectivity index (χ0n) is 7.06. The molecule has 13 heavy (non-hydrogen) atoms. The van der Waals surface area contributed by atoms with Crippen molar-refractivity contribution < 1.29 is 18.0 Å². The summed E-state index contributed by atoms with van der Waals surface area (Å²) in [6, 6.07) is 0. The van der Waals surface area contributed by atoms with E-state index in [0.29, 0.717) is 12.4 Å². The number of alkyl halides is 3. The van der Waals surface area contributed by atoms with E-state index in [0.717, 1.165) is 6.08 Å². The summed E-state index contributed by atoms with van der Waals surface area (Å²) in [6.07, 6.45) is -1.39. The van der Waals surface area contributed by atoms with Crippen molar-refractivity contribution in [2.24, 2.45) is 0 Å². The molecule has 0 heterocycles. The van der Waals surface area contributed by atoms with E-state index in [1.54, 1.807) is 0 Å². The Morgan fingerprint density at radius 1 is 1.38 bits per heavy atom.